The number of methoxy groups -OCH3 is 3. The smallest absolute Gasteiger partial charge is 0.329 e. The summed E-state index contributed by atoms with van der Waals surface area (Å²) in [6.07, 6.45) is 13.7. The molecule has 2 N–H and O–H groups in total. The number of carbonyl (C=O) groups is 5. The van der Waals surface area contributed by atoms with Crippen molar-refractivity contribution in [1.29, 1.82) is 0 Å². The monoisotopic (exact) mass is 912 g/mol. The Balaban J connectivity index is 1.70. The number of amides is 1. The molecule has 13 nitrogen and oxygen atoms in total. The summed E-state index contributed by atoms with van der Waals surface area (Å²) in [6, 6.07) is -1.11. The largest absolute Gasteiger partial charge is 0.460 e. The molecule has 0 spiro atoms. The average Bonchev–Trinajstić information content (AvgIpc) is 3.28. The van der Waals surface area contributed by atoms with Crippen molar-refractivity contribution in [3.05, 3.63) is 47.6 Å². The number of esters is 1. The predicted octanol–water partition coefficient (Wildman–Crippen LogP) is 7.46. The lowest BCUT2D eigenvalue weighted by molar-refractivity contribution is -0.265. The fraction of sp³-hybridized carbons (Fsp3) is 0.750. The number of hydrogen-bond donors (Lipinski definition) is 2. The van der Waals surface area contributed by atoms with Crippen LogP contribution in [0.4, 0.5) is 0 Å². The van der Waals surface area contributed by atoms with Gasteiger partial charge in [0.1, 0.15) is 18.2 Å². The van der Waals surface area contributed by atoms with Gasteiger partial charge in [0, 0.05) is 58.5 Å². The highest BCUT2D eigenvalue weighted by molar-refractivity contribution is 6.39. The van der Waals surface area contributed by atoms with E-state index in [9.17, 15) is 34.2 Å². The second kappa shape index (κ2) is 25.2. The summed E-state index contributed by atoms with van der Waals surface area (Å²) >= 11 is 0. The molecule has 0 aromatic rings. The number of ketones is 3. The number of rotatable bonds is 6. The van der Waals surface area contributed by atoms with Gasteiger partial charge in [0.15, 0.2) is 11.6 Å². The van der Waals surface area contributed by atoms with Crippen LogP contribution in [-0.4, -0.2) is 121 Å². The Morgan fingerprint density at radius 1 is 0.862 bits per heavy atom. The molecule has 5 unspecified atom stereocenters. The minimum atomic E-state index is -2.41. The van der Waals surface area contributed by atoms with Gasteiger partial charge in [-0.3, -0.25) is 19.2 Å². The van der Waals surface area contributed by atoms with Crippen LogP contribution in [0.2, 0.25) is 0 Å². The van der Waals surface area contributed by atoms with Crippen LogP contribution >= 0.6 is 0 Å². The minimum Gasteiger partial charge on any atom is -0.460 e. The molecule has 15 atom stereocenters. The number of ether oxygens (including phenoxy) is 5. The fourth-order valence-electron chi connectivity index (χ4n) is 10.4. The summed E-state index contributed by atoms with van der Waals surface area (Å²) in [4.78, 5) is 71.9. The van der Waals surface area contributed by atoms with Crippen molar-refractivity contribution in [2.75, 3.05) is 27.9 Å². The summed E-state index contributed by atoms with van der Waals surface area (Å²) in [5, 5.41) is 23.4. The van der Waals surface area contributed by atoms with Gasteiger partial charge in [-0.2, -0.15) is 0 Å². The van der Waals surface area contributed by atoms with Crippen LogP contribution < -0.4 is 0 Å². The zero-order valence-electron chi connectivity index (χ0n) is 41.2. The SMILES string of the molecule is COC1C[C@@H]2CC[C@@H](C)[C@@](O)(O2)C(=O)C(=O)N2CCCC[C@H]2C(=O)O[C@H](C(C)CC2CC[C@H](C)[C@H](OC)C2)CC(=O)C(C)=CC(C)[C@@H](O)[C@@H](OC)C(=O)[C@@H](C)CC(C)C=CC=CC=C1C. The number of allylic oxidation sites excluding steroid dienone is 6. The van der Waals surface area contributed by atoms with Gasteiger partial charge in [-0.05, 0) is 113 Å². The molecule has 13 heteroatoms. The number of hydrogen-bond acceptors (Lipinski definition) is 12. The number of carbonyl (C=O) groups excluding carboxylic acids is 5. The Morgan fingerprint density at radius 2 is 1.58 bits per heavy atom. The van der Waals surface area contributed by atoms with E-state index in [0.717, 1.165) is 24.8 Å². The Hall–Kier alpha value is -3.33. The summed E-state index contributed by atoms with van der Waals surface area (Å²) in [6.45, 7) is 15.1. The molecule has 4 rings (SSSR count). The number of aliphatic hydroxyl groups is 2. The molecule has 2 bridgehead atoms. The van der Waals surface area contributed by atoms with Crippen molar-refractivity contribution >= 4 is 29.2 Å². The van der Waals surface area contributed by atoms with Gasteiger partial charge in [-0.15, -0.1) is 0 Å². The van der Waals surface area contributed by atoms with Gasteiger partial charge in [0.25, 0.3) is 11.7 Å². The number of cyclic esters (lactones) is 1. The molecule has 0 radical (unpaired) electrons. The molecular weight excluding hydrogens is 831 g/mol. The van der Waals surface area contributed by atoms with E-state index in [0.29, 0.717) is 56.4 Å². The first-order valence-corrected chi connectivity index (χ1v) is 24.2. The molecule has 1 amide bonds. The molecule has 0 aromatic carbocycles. The minimum absolute atomic E-state index is 0.0331. The normalized spacial score (nSPS) is 37.8. The molecule has 0 aromatic heterocycles. The zero-order chi connectivity index (χ0) is 48.2. The van der Waals surface area contributed by atoms with Crippen molar-refractivity contribution in [2.24, 2.45) is 41.4 Å². The second-order valence-corrected chi connectivity index (χ2v) is 20.0. The first kappa shape index (κ1) is 54.3. The summed E-state index contributed by atoms with van der Waals surface area (Å²) in [5.41, 5.74) is 1.23. The molecule has 3 fully saturated rings. The van der Waals surface area contributed by atoms with E-state index >= 15 is 0 Å². The Morgan fingerprint density at radius 3 is 2.26 bits per heavy atom. The third-order valence-corrected chi connectivity index (χ3v) is 14.9. The maximum atomic E-state index is 14.4. The van der Waals surface area contributed by atoms with Crippen LogP contribution in [0.5, 0.6) is 0 Å². The molecule has 65 heavy (non-hydrogen) atoms. The third kappa shape index (κ3) is 14.3. The lowest BCUT2D eigenvalue weighted by Gasteiger charge is -2.42. The third-order valence-electron chi connectivity index (χ3n) is 14.9. The maximum Gasteiger partial charge on any atom is 0.329 e. The van der Waals surface area contributed by atoms with Gasteiger partial charge in [0.05, 0.1) is 24.4 Å². The van der Waals surface area contributed by atoms with Crippen molar-refractivity contribution < 1.29 is 57.9 Å². The predicted molar refractivity (Wildman–Crippen MR) is 248 cm³/mol. The maximum absolute atomic E-state index is 14.4. The van der Waals surface area contributed by atoms with Crippen LogP contribution in [0.25, 0.3) is 0 Å². The fourth-order valence-corrected chi connectivity index (χ4v) is 10.4. The van der Waals surface area contributed by atoms with Crippen LogP contribution in [0.1, 0.15) is 132 Å². The summed E-state index contributed by atoms with van der Waals surface area (Å²) in [7, 11) is 4.71. The molecule has 1 saturated carbocycles. The lowest BCUT2D eigenvalue weighted by Crippen LogP contribution is -2.61. The standard InChI is InChI=1S/C52H81NO12/c1-31-17-13-12-14-18-32(2)44(62-10)29-40-23-21-38(8)52(60,65-40)49(57)50(58)53-24-16-15-19-41(53)51(59)64-45(35(5)27-39-22-20-33(3)43(28-39)61-9)30-42(54)34(4)26-37(7)47(56)48(63-11)46(55)36(6)25-31/h12-14,17-18,26,31,33,35-41,43-45,47-48,56,60H,15-16,19-25,27-30H2,1-11H3/t31?,33-,35?,36-,37?,38+,39?,40-,41-,43+,44?,45-,47+,48-,52+/m0/s1. The van der Waals surface area contributed by atoms with Gasteiger partial charge in [-0.25, -0.2) is 4.79 Å². The highest BCUT2D eigenvalue weighted by Gasteiger charge is 2.53. The second-order valence-electron chi connectivity index (χ2n) is 20.0. The first-order chi connectivity index (χ1) is 30.7. The lowest BCUT2D eigenvalue weighted by atomic mass is 9.76. The van der Waals surface area contributed by atoms with Crippen molar-refractivity contribution in [3.63, 3.8) is 0 Å². The van der Waals surface area contributed by atoms with Gasteiger partial charge in [0.2, 0.25) is 5.79 Å². The molecule has 4 aliphatic rings. The van der Waals surface area contributed by atoms with Crippen LogP contribution in [0.15, 0.2) is 47.6 Å². The van der Waals surface area contributed by atoms with E-state index in [2.05, 4.69) is 6.92 Å². The topological polar surface area (TPSA) is 175 Å². The van der Waals surface area contributed by atoms with Crippen molar-refractivity contribution in [3.8, 4) is 0 Å². The molecule has 1 aliphatic carbocycles. The molecule has 366 valence electrons. The van der Waals surface area contributed by atoms with Gasteiger partial charge >= 0.3 is 5.97 Å². The molecule has 3 heterocycles. The van der Waals surface area contributed by atoms with E-state index in [-0.39, 0.29) is 54.8 Å². The molecular formula is C52H81NO12. The molecule has 3 aliphatic heterocycles. The van der Waals surface area contributed by atoms with Crippen molar-refractivity contribution in [2.45, 2.75) is 181 Å². The van der Waals surface area contributed by atoms with Gasteiger partial charge < -0.3 is 38.8 Å². The average molecular weight is 912 g/mol. The van der Waals surface area contributed by atoms with E-state index in [1.165, 1.54) is 12.0 Å². The number of aliphatic hydroxyl groups excluding tert-OH is 1. The Bertz CT molecular complexity index is 1750. The summed E-state index contributed by atoms with van der Waals surface area (Å²) < 4.78 is 29.7. The Labute approximate surface area is 388 Å². The number of nitrogens with zero attached hydrogens (tertiary/aromatic N) is 1. The van der Waals surface area contributed by atoms with E-state index in [1.54, 1.807) is 41.1 Å². The van der Waals surface area contributed by atoms with Gasteiger partial charge in [-0.1, -0.05) is 78.0 Å². The number of fused-ring (bicyclic) bond motifs is 3. The first-order valence-electron chi connectivity index (χ1n) is 24.2. The summed E-state index contributed by atoms with van der Waals surface area (Å²) in [5.74, 6) is -7.06. The number of piperidine rings is 1. The number of Topliss-reactive ketones (excluding diaryl/α,β-unsaturated/α-hetero) is 3. The van der Waals surface area contributed by atoms with Crippen molar-refractivity contribution in [1.82, 2.24) is 4.90 Å². The zero-order valence-corrected chi connectivity index (χ0v) is 41.2. The van der Waals surface area contributed by atoms with Crippen LogP contribution in [-0.2, 0) is 47.7 Å². The highest BCUT2D eigenvalue weighted by atomic mass is 16.6. The van der Waals surface area contributed by atoms with E-state index in [4.69, 9.17) is 23.7 Å². The molecule has 2 saturated heterocycles. The van der Waals surface area contributed by atoms with E-state index in [1.807, 2.05) is 58.1 Å². The quantitative estimate of drug-likeness (QED) is 0.199. The van der Waals surface area contributed by atoms with E-state index < -0.39 is 77.8 Å². The van der Waals surface area contributed by atoms with Crippen LogP contribution in [0.3, 0.4) is 0 Å². The van der Waals surface area contributed by atoms with Crippen LogP contribution in [0, 0.1) is 41.4 Å². The highest BCUT2D eigenvalue weighted by Crippen LogP contribution is 2.38. The Kier molecular flexibility index (Phi) is 21.0.